The van der Waals surface area contributed by atoms with Crippen molar-refractivity contribution < 1.29 is 17.6 Å². The predicted octanol–water partition coefficient (Wildman–Crippen LogP) is 4.78. The van der Waals surface area contributed by atoms with Gasteiger partial charge in [-0.2, -0.15) is 24.9 Å². The Balaban J connectivity index is 2.10. The molecule has 0 bridgehead atoms. The van der Waals surface area contributed by atoms with Crippen LogP contribution in [-0.4, -0.2) is 18.1 Å². The van der Waals surface area contributed by atoms with E-state index in [1.807, 2.05) is 0 Å². The van der Waals surface area contributed by atoms with Crippen LogP contribution in [0.15, 0.2) is 18.2 Å². The van der Waals surface area contributed by atoms with Gasteiger partial charge in [-0.15, -0.1) is 0 Å². The summed E-state index contributed by atoms with van der Waals surface area (Å²) in [4.78, 5) is 0. The van der Waals surface area contributed by atoms with Crippen LogP contribution in [0.1, 0.15) is 42.9 Å². The van der Waals surface area contributed by atoms with Crippen LogP contribution in [0.5, 0.6) is 0 Å². The van der Waals surface area contributed by atoms with E-state index < -0.39 is 17.6 Å². The first-order valence-corrected chi connectivity index (χ1v) is 8.12. The van der Waals surface area contributed by atoms with E-state index in [-0.39, 0.29) is 6.04 Å². The normalized spacial score (nSPS) is 18.1. The lowest BCUT2D eigenvalue weighted by Gasteiger charge is -2.20. The summed E-state index contributed by atoms with van der Waals surface area (Å²) < 4.78 is 51.6. The van der Waals surface area contributed by atoms with Crippen LogP contribution in [-0.2, 0) is 6.18 Å². The standard InChI is InChI=1S/C15H19F4NS/c1-20-14(9-21-11-4-2-3-5-11)10-6-7-13(16)12(8-10)15(17,18)19/h6-8,11,14,20H,2-5,9H2,1H3. The topological polar surface area (TPSA) is 12.0 Å². The van der Waals surface area contributed by atoms with Gasteiger partial charge in [0.25, 0.3) is 0 Å². The number of hydrogen-bond donors (Lipinski definition) is 1. The Kier molecular flexibility index (Phi) is 5.54. The minimum Gasteiger partial charge on any atom is -0.312 e. The fourth-order valence-corrected chi connectivity index (χ4v) is 4.10. The molecule has 1 N–H and O–H groups in total. The van der Waals surface area contributed by atoms with Crippen LogP contribution in [0.4, 0.5) is 17.6 Å². The Morgan fingerprint density at radius 2 is 1.95 bits per heavy atom. The molecule has 1 aromatic carbocycles. The lowest BCUT2D eigenvalue weighted by molar-refractivity contribution is -0.140. The monoisotopic (exact) mass is 321 g/mol. The quantitative estimate of drug-likeness (QED) is 0.783. The number of nitrogens with one attached hydrogen (secondary N) is 1. The first-order chi connectivity index (χ1) is 9.91. The number of halogens is 4. The average molecular weight is 321 g/mol. The molecule has 1 nitrogen and oxygen atoms in total. The molecule has 1 aliphatic rings. The zero-order valence-electron chi connectivity index (χ0n) is 11.8. The second-order valence-corrected chi connectivity index (χ2v) is 6.65. The molecule has 0 aromatic heterocycles. The summed E-state index contributed by atoms with van der Waals surface area (Å²) in [6.45, 7) is 0. The van der Waals surface area contributed by atoms with Crippen LogP contribution < -0.4 is 5.32 Å². The van der Waals surface area contributed by atoms with Crippen molar-refractivity contribution in [3.63, 3.8) is 0 Å². The molecule has 1 aliphatic carbocycles. The molecule has 0 heterocycles. The van der Waals surface area contributed by atoms with Gasteiger partial charge in [0, 0.05) is 17.0 Å². The summed E-state index contributed by atoms with van der Waals surface area (Å²) in [6.07, 6.45) is 0.168. The van der Waals surface area contributed by atoms with Crippen LogP contribution in [0.3, 0.4) is 0 Å². The third kappa shape index (κ3) is 4.36. The second-order valence-electron chi connectivity index (χ2n) is 5.32. The lowest BCUT2D eigenvalue weighted by atomic mass is 10.0. The molecule has 2 rings (SSSR count). The van der Waals surface area contributed by atoms with Crippen molar-refractivity contribution in [3.8, 4) is 0 Å². The number of hydrogen-bond acceptors (Lipinski definition) is 2. The highest BCUT2D eigenvalue weighted by Gasteiger charge is 2.34. The summed E-state index contributed by atoms with van der Waals surface area (Å²) in [7, 11) is 1.72. The van der Waals surface area contributed by atoms with Crippen LogP contribution >= 0.6 is 11.8 Å². The Hall–Kier alpha value is -0.750. The molecule has 1 aromatic rings. The fraction of sp³-hybridized carbons (Fsp3) is 0.600. The van der Waals surface area contributed by atoms with Crippen LogP contribution in [0, 0.1) is 5.82 Å². The minimum absolute atomic E-state index is 0.197. The van der Waals surface area contributed by atoms with Crippen molar-refractivity contribution in [2.45, 2.75) is 43.2 Å². The highest BCUT2D eigenvalue weighted by atomic mass is 32.2. The van der Waals surface area contributed by atoms with Gasteiger partial charge in [0.1, 0.15) is 5.82 Å². The highest BCUT2D eigenvalue weighted by Crippen LogP contribution is 2.35. The maximum absolute atomic E-state index is 13.3. The Morgan fingerprint density at radius 1 is 1.29 bits per heavy atom. The van der Waals surface area contributed by atoms with E-state index in [0.29, 0.717) is 16.6 Å². The summed E-state index contributed by atoms with van der Waals surface area (Å²) in [5.41, 5.74) is -0.706. The van der Waals surface area contributed by atoms with Gasteiger partial charge in [-0.05, 0) is 37.6 Å². The summed E-state index contributed by atoms with van der Waals surface area (Å²) in [5.74, 6) is -0.520. The Labute approximate surface area is 126 Å². The highest BCUT2D eigenvalue weighted by molar-refractivity contribution is 7.99. The van der Waals surface area contributed by atoms with Gasteiger partial charge in [0.15, 0.2) is 0 Å². The lowest BCUT2D eigenvalue weighted by Crippen LogP contribution is -2.21. The molecule has 0 aliphatic heterocycles. The van der Waals surface area contributed by atoms with Gasteiger partial charge >= 0.3 is 6.18 Å². The van der Waals surface area contributed by atoms with Gasteiger partial charge < -0.3 is 5.32 Å². The molecule has 0 radical (unpaired) electrons. The third-order valence-corrected chi connectivity index (χ3v) is 5.32. The molecule has 1 fully saturated rings. The zero-order chi connectivity index (χ0) is 15.5. The number of thioether (sulfide) groups is 1. The minimum atomic E-state index is -4.66. The summed E-state index contributed by atoms with van der Waals surface area (Å²) >= 11 is 1.79. The van der Waals surface area contributed by atoms with E-state index in [2.05, 4.69) is 5.32 Å². The first kappa shape index (κ1) is 16.6. The third-order valence-electron chi connectivity index (χ3n) is 3.85. The van der Waals surface area contributed by atoms with Crippen molar-refractivity contribution in [2.75, 3.05) is 12.8 Å². The molecule has 6 heteroatoms. The Bertz CT molecular complexity index is 469. The molecule has 0 amide bonds. The number of benzene rings is 1. The number of alkyl halides is 3. The summed E-state index contributed by atoms with van der Waals surface area (Å²) in [5, 5.41) is 3.63. The zero-order valence-corrected chi connectivity index (χ0v) is 12.7. The maximum atomic E-state index is 13.3. The SMILES string of the molecule is CNC(CSC1CCCC1)c1ccc(F)c(C(F)(F)F)c1. The van der Waals surface area contributed by atoms with Crippen molar-refractivity contribution in [2.24, 2.45) is 0 Å². The van der Waals surface area contributed by atoms with Crippen molar-refractivity contribution in [3.05, 3.63) is 35.1 Å². The van der Waals surface area contributed by atoms with Gasteiger partial charge in [-0.1, -0.05) is 18.9 Å². The first-order valence-electron chi connectivity index (χ1n) is 7.07. The molecular formula is C15H19F4NS. The van der Waals surface area contributed by atoms with E-state index in [0.717, 1.165) is 12.1 Å². The van der Waals surface area contributed by atoms with E-state index in [1.165, 1.54) is 31.7 Å². The van der Waals surface area contributed by atoms with Crippen molar-refractivity contribution in [1.82, 2.24) is 5.32 Å². The molecular weight excluding hydrogens is 302 g/mol. The molecule has 0 saturated heterocycles. The van der Waals surface area contributed by atoms with E-state index in [4.69, 9.17) is 0 Å². The predicted molar refractivity (Wildman–Crippen MR) is 77.9 cm³/mol. The van der Waals surface area contributed by atoms with Crippen LogP contribution in [0.2, 0.25) is 0 Å². The van der Waals surface area contributed by atoms with Crippen molar-refractivity contribution in [1.29, 1.82) is 0 Å². The van der Waals surface area contributed by atoms with E-state index >= 15 is 0 Å². The van der Waals surface area contributed by atoms with Crippen LogP contribution in [0.25, 0.3) is 0 Å². The fourth-order valence-electron chi connectivity index (χ4n) is 2.61. The molecule has 1 unspecified atom stereocenters. The molecule has 21 heavy (non-hydrogen) atoms. The Morgan fingerprint density at radius 3 is 2.52 bits per heavy atom. The maximum Gasteiger partial charge on any atom is 0.419 e. The smallest absolute Gasteiger partial charge is 0.312 e. The molecule has 0 spiro atoms. The van der Waals surface area contributed by atoms with E-state index in [1.54, 1.807) is 18.8 Å². The molecule has 1 atom stereocenters. The summed E-state index contributed by atoms with van der Waals surface area (Å²) in [6, 6.07) is 3.06. The van der Waals surface area contributed by atoms with Gasteiger partial charge in [-0.25, -0.2) is 4.39 Å². The average Bonchev–Trinajstić information content (AvgIpc) is 2.93. The van der Waals surface area contributed by atoms with Gasteiger partial charge in [0.05, 0.1) is 5.56 Å². The molecule has 1 saturated carbocycles. The van der Waals surface area contributed by atoms with Gasteiger partial charge in [0.2, 0.25) is 0 Å². The van der Waals surface area contributed by atoms with E-state index in [9.17, 15) is 17.6 Å². The second kappa shape index (κ2) is 7.01. The van der Waals surface area contributed by atoms with Gasteiger partial charge in [-0.3, -0.25) is 0 Å². The largest absolute Gasteiger partial charge is 0.419 e. The van der Waals surface area contributed by atoms with Crippen molar-refractivity contribution >= 4 is 11.8 Å². The molecule has 118 valence electrons. The number of rotatable bonds is 5.